The number of nitrogens with zero attached hydrogens (tertiary/aromatic N) is 1. The van der Waals surface area contributed by atoms with E-state index in [1.165, 1.54) is 6.08 Å². The molecule has 1 unspecified atom stereocenters. The van der Waals surface area contributed by atoms with Crippen LogP contribution in [-0.2, 0) is 9.53 Å². The number of ether oxygens (including phenoxy) is 1. The van der Waals surface area contributed by atoms with Crippen LogP contribution >= 0.6 is 23.2 Å². The molecule has 1 fully saturated rings. The van der Waals surface area contributed by atoms with Gasteiger partial charge in [-0.25, -0.2) is 0 Å². The second kappa shape index (κ2) is 7.46. The van der Waals surface area contributed by atoms with Gasteiger partial charge < -0.3 is 10.1 Å². The van der Waals surface area contributed by atoms with Crippen molar-refractivity contribution in [1.82, 2.24) is 5.32 Å². The lowest BCUT2D eigenvalue weighted by Gasteiger charge is -2.10. The van der Waals surface area contributed by atoms with Crippen molar-refractivity contribution in [2.75, 3.05) is 13.2 Å². The minimum Gasteiger partial charge on any atom is -0.376 e. The molecule has 1 amide bonds. The summed E-state index contributed by atoms with van der Waals surface area (Å²) in [4.78, 5) is 12.0. The van der Waals surface area contributed by atoms with Crippen molar-refractivity contribution in [2.24, 2.45) is 0 Å². The van der Waals surface area contributed by atoms with Crippen LogP contribution in [0.3, 0.4) is 0 Å². The molecule has 0 radical (unpaired) electrons. The van der Waals surface area contributed by atoms with E-state index in [1.807, 2.05) is 6.07 Å². The maximum atomic E-state index is 12.0. The number of halogens is 2. The average Bonchev–Trinajstić information content (AvgIpc) is 2.99. The highest BCUT2D eigenvalue weighted by Crippen LogP contribution is 2.23. The van der Waals surface area contributed by atoms with E-state index < -0.39 is 5.91 Å². The Labute approximate surface area is 133 Å². The van der Waals surface area contributed by atoms with Crippen LogP contribution in [0.15, 0.2) is 23.8 Å². The van der Waals surface area contributed by atoms with Gasteiger partial charge in [0.15, 0.2) is 0 Å². The molecule has 1 N–H and O–H groups in total. The van der Waals surface area contributed by atoms with Crippen molar-refractivity contribution < 1.29 is 9.53 Å². The van der Waals surface area contributed by atoms with E-state index in [1.54, 1.807) is 18.2 Å². The predicted octanol–water partition coefficient (Wildman–Crippen LogP) is 3.20. The number of hydrogen-bond acceptors (Lipinski definition) is 3. The van der Waals surface area contributed by atoms with Crippen LogP contribution in [0.5, 0.6) is 0 Å². The van der Waals surface area contributed by atoms with E-state index >= 15 is 0 Å². The van der Waals surface area contributed by atoms with Crippen molar-refractivity contribution in [1.29, 1.82) is 5.26 Å². The second-order valence-electron chi connectivity index (χ2n) is 4.69. The molecule has 1 aromatic carbocycles. The third-order valence-electron chi connectivity index (χ3n) is 3.13. The van der Waals surface area contributed by atoms with E-state index in [4.69, 9.17) is 33.2 Å². The van der Waals surface area contributed by atoms with Crippen LogP contribution in [0.2, 0.25) is 10.0 Å². The third kappa shape index (κ3) is 4.47. The molecule has 0 spiro atoms. The maximum Gasteiger partial charge on any atom is 0.262 e. The minimum atomic E-state index is -0.418. The number of nitrogens with one attached hydrogen (secondary N) is 1. The molecular formula is C15H14Cl2N2O2. The van der Waals surface area contributed by atoms with Gasteiger partial charge in [-0.05, 0) is 36.6 Å². The summed E-state index contributed by atoms with van der Waals surface area (Å²) in [5.41, 5.74) is 0.666. The van der Waals surface area contributed by atoms with Gasteiger partial charge in [0.2, 0.25) is 0 Å². The lowest BCUT2D eigenvalue weighted by Crippen LogP contribution is -2.32. The molecule has 1 aromatic rings. The summed E-state index contributed by atoms with van der Waals surface area (Å²) >= 11 is 11.7. The number of carbonyl (C=O) groups excluding carboxylic acids is 1. The van der Waals surface area contributed by atoms with Crippen molar-refractivity contribution in [2.45, 2.75) is 18.9 Å². The van der Waals surface area contributed by atoms with Crippen molar-refractivity contribution in [3.8, 4) is 6.07 Å². The Morgan fingerprint density at radius 1 is 1.48 bits per heavy atom. The molecule has 6 heteroatoms. The van der Waals surface area contributed by atoms with E-state index in [9.17, 15) is 4.79 Å². The summed E-state index contributed by atoms with van der Waals surface area (Å²) in [6.45, 7) is 1.14. The quantitative estimate of drug-likeness (QED) is 0.683. The van der Waals surface area contributed by atoms with Gasteiger partial charge in [0.05, 0.1) is 16.1 Å². The first-order valence-corrected chi connectivity index (χ1v) is 7.32. The molecule has 0 bridgehead atoms. The highest BCUT2D eigenvalue weighted by molar-refractivity contribution is 6.42. The number of amides is 1. The van der Waals surface area contributed by atoms with Crippen LogP contribution in [-0.4, -0.2) is 25.2 Å². The SMILES string of the molecule is N#C/C(=C\c1ccc(Cl)c(Cl)c1)C(=O)NCC1CCCO1. The molecule has 0 aliphatic carbocycles. The van der Waals surface area contributed by atoms with Gasteiger partial charge in [-0.15, -0.1) is 0 Å². The average molecular weight is 325 g/mol. The van der Waals surface area contributed by atoms with Gasteiger partial charge >= 0.3 is 0 Å². The summed E-state index contributed by atoms with van der Waals surface area (Å²) in [7, 11) is 0. The molecule has 1 aliphatic rings. The van der Waals surface area contributed by atoms with Gasteiger partial charge in [0, 0.05) is 13.2 Å². The Hall–Kier alpha value is -1.54. The van der Waals surface area contributed by atoms with Gasteiger partial charge in [-0.2, -0.15) is 5.26 Å². The zero-order chi connectivity index (χ0) is 15.2. The Kier molecular flexibility index (Phi) is 5.63. The first-order valence-electron chi connectivity index (χ1n) is 6.57. The first-order chi connectivity index (χ1) is 10.1. The number of nitriles is 1. The van der Waals surface area contributed by atoms with Crippen LogP contribution in [0.25, 0.3) is 6.08 Å². The maximum absolute atomic E-state index is 12.0. The van der Waals surface area contributed by atoms with Crippen molar-refractivity contribution in [3.63, 3.8) is 0 Å². The van der Waals surface area contributed by atoms with Crippen molar-refractivity contribution >= 4 is 35.2 Å². The summed E-state index contributed by atoms with van der Waals surface area (Å²) in [6, 6.07) is 6.81. The van der Waals surface area contributed by atoms with Gasteiger partial charge in [0.1, 0.15) is 11.6 Å². The molecule has 0 aromatic heterocycles. The summed E-state index contributed by atoms with van der Waals surface area (Å²) in [6.07, 6.45) is 3.45. The molecule has 2 rings (SSSR count). The van der Waals surface area contributed by atoms with Gasteiger partial charge in [0.25, 0.3) is 5.91 Å². The Morgan fingerprint density at radius 3 is 2.90 bits per heavy atom. The summed E-state index contributed by atoms with van der Waals surface area (Å²) in [5.74, 6) is -0.418. The normalized spacial score (nSPS) is 18.3. The second-order valence-corrected chi connectivity index (χ2v) is 5.50. The molecule has 1 aliphatic heterocycles. The first kappa shape index (κ1) is 15.8. The molecule has 1 saturated heterocycles. The summed E-state index contributed by atoms with van der Waals surface area (Å²) < 4.78 is 5.41. The monoisotopic (exact) mass is 324 g/mol. The standard InChI is InChI=1S/C15H14Cl2N2O2/c16-13-4-3-10(7-14(13)17)6-11(8-18)15(20)19-9-12-2-1-5-21-12/h3-4,6-7,12H,1-2,5,9H2,(H,19,20)/b11-6+. The highest BCUT2D eigenvalue weighted by Gasteiger charge is 2.17. The van der Waals surface area contributed by atoms with Crippen LogP contribution in [0, 0.1) is 11.3 Å². The zero-order valence-electron chi connectivity index (χ0n) is 11.2. The Balaban J connectivity index is 2.03. The zero-order valence-corrected chi connectivity index (χ0v) is 12.7. The summed E-state index contributed by atoms with van der Waals surface area (Å²) in [5, 5.41) is 12.6. The fourth-order valence-electron chi connectivity index (χ4n) is 2.02. The molecule has 1 heterocycles. The van der Waals surface area contributed by atoms with Crippen LogP contribution in [0.4, 0.5) is 0 Å². The fourth-order valence-corrected chi connectivity index (χ4v) is 2.33. The number of rotatable bonds is 4. The van der Waals surface area contributed by atoms with Gasteiger partial charge in [-0.3, -0.25) is 4.79 Å². The minimum absolute atomic E-state index is 0.0198. The van der Waals surface area contributed by atoms with Crippen LogP contribution < -0.4 is 5.32 Å². The Morgan fingerprint density at radius 2 is 2.29 bits per heavy atom. The van der Waals surface area contributed by atoms with Crippen LogP contribution in [0.1, 0.15) is 18.4 Å². The number of hydrogen-bond donors (Lipinski definition) is 1. The third-order valence-corrected chi connectivity index (χ3v) is 3.87. The van der Waals surface area contributed by atoms with E-state index in [0.717, 1.165) is 19.4 Å². The van der Waals surface area contributed by atoms with E-state index in [-0.39, 0.29) is 11.7 Å². The molecule has 21 heavy (non-hydrogen) atoms. The fraction of sp³-hybridized carbons (Fsp3) is 0.333. The smallest absolute Gasteiger partial charge is 0.262 e. The van der Waals surface area contributed by atoms with Gasteiger partial charge in [-0.1, -0.05) is 29.3 Å². The lowest BCUT2D eigenvalue weighted by molar-refractivity contribution is -0.117. The topological polar surface area (TPSA) is 62.1 Å². The molecule has 1 atom stereocenters. The van der Waals surface area contributed by atoms with E-state index in [0.29, 0.717) is 22.2 Å². The lowest BCUT2D eigenvalue weighted by atomic mass is 10.1. The largest absolute Gasteiger partial charge is 0.376 e. The number of carbonyl (C=O) groups is 1. The highest BCUT2D eigenvalue weighted by atomic mass is 35.5. The predicted molar refractivity (Wildman–Crippen MR) is 82.0 cm³/mol. The molecule has 0 saturated carbocycles. The number of benzene rings is 1. The Bertz CT molecular complexity index is 602. The van der Waals surface area contributed by atoms with E-state index in [2.05, 4.69) is 5.32 Å². The molecule has 4 nitrogen and oxygen atoms in total. The molecular weight excluding hydrogens is 311 g/mol. The van der Waals surface area contributed by atoms with Crippen molar-refractivity contribution in [3.05, 3.63) is 39.4 Å². The molecule has 110 valence electrons.